The van der Waals surface area contributed by atoms with Gasteiger partial charge in [-0.25, -0.2) is 0 Å². The molecule has 1 amide bonds. The van der Waals surface area contributed by atoms with Crippen LogP contribution in [0.5, 0.6) is 0 Å². The average Bonchev–Trinajstić information content (AvgIpc) is 2.26. The van der Waals surface area contributed by atoms with Gasteiger partial charge in [-0.2, -0.15) is 0 Å². The smallest absolute Gasteiger partial charge is 0.445 e. The van der Waals surface area contributed by atoms with Crippen molar-refractivity contribution in [2.75, 3.05) is 6.54 Å². The summed E-state index contributed by atoms with van der Waals surface area (Å²) in [7, 11) is 0. The molecular weight excluding hydrogens is 230 g/mol. The fourth-order valence-electron chi connectivity index (χ4n) is 2.05. The first-order valence-corrected chi connectivity index (χ1v) is 5.45. The van der Waals surface area contributed by atoms with Gasteiger partial charge in [-0.1, -0.05) is 18.2 Å². The summed E-state index contributed by atoms with van der Waals surface area (Å²) >= 11 is 0. The molecule has 0 aliphatic carbocycles. The monoisotopic (exact) mass is 242 g/mol. The molecule has 1 aliphatic rings. The summed E-state index contributed by atoms with van der Waals surface area (Å²) in [4.78, 5) is 12.8. The van der Waals surface area contributed by atoms with Crippen molar-refractivity contribution in [3.05, 3.63) is 29.3 Å². The molecule has 0 saturated carbocycles. The number of fused-ring (bicyclic) bond motifs is 1. The lowest BCUT2D eigenvalue weighted by Gasteiger charge is -2.29. The van der Waals surface area contributed by atoms with Crippen LogP contribution in [-0.4, -0.2) is 24.3 Å². The van der Waals surface area contributed by atoms with Crippen LogP contribution in [0.2, 0.25) is 0 Å². The molecule has 92 valence electrons. The van der Waals surface area contributed by atoms with E-state index in [0.29, 0.717) is 25.1 Å². The van der Waals surface area contributed by atoms with Crippen LogP contribution in [-0.2, 0) is 17.8 Å². The van der Waals surface area contributed by atoms with E-state index in [1.54, 1.807) is 4.90 Å². The second kappa shape index (κ2) is 4.09. The molecule has 0 radical (unpaired) electrons. The zero-order valence-corrected chi connectivity index (χ0v) is 9.42. The van der Waals surface area contributed by atoms with Crippen LogP contribution < -0.4 is 5.46 Å². The van der Waals surface area contributed by atoms with Crippen molar-refractivity contribution >= 4 is 18.3 Å². The molecule has 0 fully saturated rings. The Balaban J connectivity index is 2.29. The molecule has 0 unspecified atom stereocenters. The Morgan fingerprint density at radius 3 is 2.59 bits per heavy atom. The van der Waals surface area contributed by atoms with Gasteiger partial charge in [0.25, 0.3) is 0 Å². The number of nitrogens with zero attached hydrogens (tertiary/aromatic N) is 1. The van der Waals surface area contributed by atoms with E-state index in [1.807, 2.05) is 0 Å². The molecule has 1 aromatic carbocycles. The largest absolute Gasteiger partial charge is 0.509 e. The third-order valence-corrected chi connectivity index (χ3v) is 3.07. The first-order valence-electron chi connectivity index (χ1n) is 5.45. The highest BCUT2D eigenvalue weighted by atomic mass is 19.4. The van der Waals surface area contributed by atoms with E-state index in [0.717, 1.165) is 11.6 Å². The normalized spacial score (nSPS) is 15.6. The summed E-state index contributed by atoms with van der Waals surface area (Å²) in [5.41, 5.74) is 0.967. The summed E-state index contributed by atoms with van der Waals surface area (Å²) in [6.07, 6.45) is 0.495. The molecule has 0 aromatic heterocycles. The Morgan fingerprint density at radius 1 is 1.29 bits per heavy atom. The highest BCUT2D eigenvalue weighted by Gasteiger charge is 2.27. The van der Waals surface area contributed by atoms with E-state index in [2.05, 4.69) is 0 Å². The maximum atomic E-state index is 12.6. The molecular formula is C11H12BF3NO-. The van der Waals surface area contributed by atoms with Crippen LogP contribution in [0, 0.1) is 0 Å². The molecule has 1 aliphatic heterocycles. The van der Waals surface area contributed by atoms with Crippen molar-refractivity contribution < 1.29 is 17.7 Å². The van der Waals surface area contributed by atoms with E-state index in [9.17, 15) is 17.7 Å². The standard InChI is InChI=1S/C11H12BF3NO/c1-8(17)16-5-4-9-6-11(12(13,14)15)3-2-10(9)7-16/h2-3,6H,4-5,7H2,1H3/q-1. The number of carbonyl (C=O) groups excluding carboxylic acids is 1. The second-order valence-electron chi connectivity index (χ2n) is 4.29. The van der Waals surface area contributed by atoms with Crippen molar-refractivity contribution in [1.29, 1.82) is 0 Å². The van der Waals surface area contributed by atoms with Crippen LogP contribution in [0.15, 0.2) is 18.2 Å². The summed E-state index contributed by atoms with van der Waals surface area (Å²) in [6, 6.07) is 3.80. The topological polar surface area (TPSA) is 20.3 Å². The average molecular weight is 242 g/mol. The Hall–Kier alpha value is -1.46. The first-order chi connectivity index (χ1) is 7.88. The number of rotatable bonds is 1. The van der Waals surface area contributed by atoms with Gasteiger partial charge in [-0.3, -0.25) is 4.79 Å². The van der Waals surface area contributed by atoms with Crippen molar-refractivity contribution in [3.8, 4) is 0 Å². The quantitative estimate of drug-likeness (QED) is 0.685. The van der Waals surface area contributed by atoms with Gasteiger partial charge in [0.15, 0.2) is 0 Å². The van der Waals surface area contributed by atoms with Gasteiger partial charge in [0.1, 0.15) is 0 Å². The number of benzene rings is 1. The zero-order chi connectivity index (χ0) is 12.6. The third-order valence-electron chi connectivity index (χ3n) is 3.07. The van der Waals surface area contributed by atoms with Crippen molar-refractivity contribution in [3.63, 3.8) is 0 Å². The minimum Gasteiger partial charge on any atom is -0.445 e. The molecule has 6 heteroatoms. The number of amides is 1. The van der Waals surface area contributed by atoms with E-state index < -0.39 is 12.4 Å². The summed E-state index contributed by atoms with van der Waals surface area (Å²) < 4.78 is 37.7. The number of hydrogen-bond acceptors (Lipinski definition) is 1. The van der Waals surface area contributed by atoms with Gasteiger partial charge in [-0.15, -0.1) is 5.46 Å². The molecule has 0 N–H and O–H groups in total. The number of carbonyl (C=O) groups is 1. The van der Waals surface area contributed by atoms with Gasteiger partial charge in [0.2, 0.25) is 5.91 Å². The predicted molar refractivity (Wildman–Crippen MR) is 59.9 cm³/mol. The lowest BCUT2D eigenvalue weighted by atomic mass is 9.78. The summed E-state index contributed by atoms with van der Waals surface area (Å²) in [5.74, 6) is -0.0419. The molecule has 2 nitrogen and oxygen atoms in total. The molecule has 0 saturated heterocycles. The maximum absolute atomic E-state index is 12.6. The van der Waals surface area contributed by atoms with Gasteiger partial charge in [0, 0.05) is 20.0 Å². The third kappa shape index (κ3) is 2.45. The summed E-state index contributed by atoms with van der Waals surface area (Å²) in [5, 5.41) is 0. The highest BCUT2D eigenvalue weighted by Crippen LogP contribution is 2.20. The van der Waals surface area contributed by atoms with Gasteiger partial charge < -0.3 is 17.8 Å². The Morgan fingerprint density at radius 2 is 2.00 bits per heavy atom. The molecule has 0 spiro atoms. The van der Waals surface area contributed by atoms with Gasteiger partial charge in [-0.05, 0) is 17.5 Å². The van der Waals surface area contributed by atoms with E-state index in [4.69, 9.17) is 0 Å². The molecule has 1 heterocycles. The molecule has 2 rings (SSSR count). The SMILES string of the molecule is CC(=O)N1CCc2cc([B-](F)(F)F)ccc2C1. The van der Waals surface area contributed by atoms with Crippen LogP contribution in [0.3, 0.4) is 0 Å². The Kier molecular flexibility index (Phi) is 2.89. The lowest BCUT2D eigenvalue weighted by molar-refractivity contribution is -0.129. The number of halogens is 3. The predicted octanol–water partition coefficient (Wildman–Crippen LogP) is 1.65. The van der Waals surface area contributed by atoms with Gasteiger partial charge >= 0.3 is 6.98 Å². The van der Waals surface area contributed by atoms with Gasteiger partial charge in [0.05, 0.1) is 0 Å². The van der Waals surface area contributed by atoms with Crippen LogP contribution >= 0.6 is 0 Å². The van der Waals surface area contributed by atoms with Crippen LogP contribution in [0.4, 0.5) is 12.9 Å². The van der Waals surface area contributed by atoms with Crippen LogP contribution in [0.1, 0.15) is 18.1 Å². The molecule has 17 heavy (non-hydrogen) atoms. The second-order valence-corrected chi connectivity index (χ2v) is 4.29. The fraction of sp³-hybridized carbons (Fsp3) is 0.364. The number of hydrogen-bond donors (Lipinski definition) is 0. The van der Waals surface area contributed by atoms with E-state index in [1.165, 1.54) is 19.1 Å². The van der Waals surface area contributed by atoms with E-state index in [-0.39, 0.29) is 5.91 Å². The first kappa shape index (κ1) is 12.0. The minimum atomic E-state index is -4.93. The van der Waals surface area contributed by atoms with Crippen molar-refractivity contribution in [2.45, 2.75) is 19.9 Å². The highest BCUT2D eigenvalue weighted by molar-refractivity contribution is 6.73. The zero-order valence-electron chi connectivity index (χ0n) is 9.42. The Bertz CT molecular complexity index is 459. The minimum absolute atomic E-state index is 0.0419. The van der Waals surface area contributed by atoms with Crippen molar-refractivity contribution in [1.82, 2.24) is 4.90 Å². The Labute approximate surface area is 97.5 Å². The fourth-order valence-corrected chi connectivity index (χ4v) is 2.05. The molecule has 0 bridgehead atoms. The van der Waals surface area contributed by atoms with E-state index >= 15 is 0 Å². The maximum Gasteiger partial charge on any atom is 0.509 e. The molecule has 1 aromatic rings. The van der Waals surface area contributed by atoms with Crippen LogP contribution in [0.25, 0.3) is 0 Å². The summed E-state index contributed by atoms with van der Waals surface area (Å²) in [6.45, 7) is -2.56. The lowest BCUT2D eigenvalue weighted by Crippen LogP contribution is -2.38. The van der Waals surface area contributed by atoms with Crippen molar-refractivity contribution in [2.24, 2.45) is 0 Å². The molecule has 0 atom stereocenters.